The Labute approximate surface area is 167 Å². The Morgan fingerprint density at radius 1 is 1.07 bits per heavy atom. The highest BCUT2D eigenvalue weighted by Crippen LogP contribution is 2.57. The number of nitrogens with zero attached hydrogens (tertiary/aromatic N) is 3. The summed E-state index contributed by atoms with van der Waals surface area (Å²) in [6, 6.07) is 10.4. The third-order valence-electron chi connectivity index (χ3n) is 5.96. The van der Waals surface area contributed by atoms with Crippen molar-refractivity contribution in [3.63, 3.8) is 0 Å². The van der Waals surface area contributed by atoms with Gasteiger partial charge in [-0.25, -0.2) is 13.6 Å². The molecule has 2 aromatic rings. The fourth-order valence-electron chi connectivity index (χ4n) is 4.57. The molecule has 4 rings (SSSR count). The third-order valence-corrected chi connectivity index (χ3v) is 5.96. The van der Waals surface area contributed by atoms with Crippen molar-refractivity contribution in [2.24, 2.45) is 0 Å². The van der Waals surface area contributed by atoms with E-state index < -0.39 is 17.4 Å². The van der Waals surface area contributed by atoms with Gasteiger partial charge in [0, 0.05) is 57.8 Å². The second kappa shape index (κ2) is 6.66. The molecule has 1 saturated carbocycles. The van der Waals surface area contributed by atoms with Crippen molar-refractivity contribution < 1.29 is 23.5 Å². The largest absolute Gasteiger partial charge is 0.477 e. The summed E-state index contributed by atoms with van der Waals surface area (Å²) >= 11 is 0. The average Bonchev–Trinajstić information content (AvgIpc) is 3.07. The number of hydrogen-bond donors (Lipinski definition) is 1. The quantitative estimate of drug-likeness (QED) is 0.852. The minimum absolute atomic E-state index is 0.0938. The highest BCUT2D eigenvalue weighted by Gasteiger charge is 2.62. The summed E-state index contributed by atoms with van der Waals surface area (Å²) in [5.74, 6) is -3.90. The molecule has 1 fully saturated rings. The molecule has 1 amide bonds. The van der Waals surface area contributed by atoms with Crippen LogP contribution in [0, 0.1) is 0 Å². The van der Waals surface area contributed by atoms with Gasteiger partial charge in [0.25, 0.3) is 11.8 Å². The van der Waals surface area contributed by atoms with Crippen LogP contribution in [-0.4, -0.2) is 57.9 Å². The molecule has 1 aliphatic heterocycles. The number of aromatic nitrogens is 1. The van der Waals surface area contributed by atoms with E-state index in [1.807, 2.05) is 17.0 Å². The van der Waals surface area contributed by atoms with Crippen LogP contribution in [0.2, 0.25) is 0 Å². The zero-order chi connectivity index (χ0) is 21.0. The smallest absolute Gasteiger partial charge is 0.352 e. The molecular weight excluding hydrogens is 380 g/mol. The number of carbonyl (C=O) groups is 2. The molecule has 0 atom stereocenters. The van der Waals surface area contributed by atoms with E-state index in [0.717, 1.165) is 5.56 Å². The van der Waals surface area contributed by atoms with E-state index in [0.29, 0.717) is 30.9 Å². The Bertz CT molecular complexity index is 958. The first-order valence-electron chi connectivity index (χ1n) is 9.50. The van der Waals surface area contributed by atoms with Gasteiger partial charge in [0.05, 0.1) is 5.54 Å². The van der Waals surface area contributed by atoms with E-state index in [1.165, 1.54) is 11.0 Å². The number of benzene rings is 1. The minimum Gasteiger partial charge on any atom is -0.477 e. The van der Waals surface area contributed by atoms with Crippen LogP contribution in [0.3, 0.4) is 0 Å². The summed E-state index contributed by atoms with van der Waals surface area (Å²) in [4.78, 5) is 27.0. The molecule has 0 saturated heterocycles. The molecule has 1 aliphatic carbocycles. The van der Waals surface area contributed by atoms with E-state index in [9.17, 15) is 23.5 Å². The first kappa shape index (κ1) is 19.6. The van der Waals surface area contributed by atoms with Gasteiger partial charge in [0.2, 0.25) is 0 Å². The van der Waals surface area contributed by atoms with Crippen molar-refractivity contribution in [2.75, 3.05) is 20.6 Å². The highest BCUT2D eigenvalue weighted by atomic mass is 19.3. The van der Waals surface area contributed by atoms with Gasteiger partial charge in [-0.2, -0.15) is 0 Å². The predicted octanol–water partition coefficient (Wildman–Crippen LogP) is 3.03. The SMILES string of the molecule is CN(C)C(=O)c1ccc(CN2CCn3c(C(=O)O)ccc3C23CC(F)(F)C3)cc1. The van der Waals surface area contributed by atoms with E-state index in [2.05, 4.69) is 0 Å². The Hall–Kier alpha value is -2.74. The second-order valence-corrected chi connectivity index (χ2v) is 8.12. The van der Waals surface area contributed by atoms with E-state index in [1.54, 1.807) is 36.9 Å². The van der Waals surface area contributed by atoms with Crippen molar-refractivity contribution in [2.45, 2.75) is 37.4 Å². The number of carbonyl (C=O) groups excluding carboxylic acids is 1. The minimum atomic E-state index is -2.75. The maximum absolute atomic E-state index is 14.0. The average molecular weight is 403 g/mol. The predicted molar refractivity (Wildman–Crippen MR) is 102 cm³/mol. The number of carboxylic acids is 1. The number of amides is 1. The van der Waals surface area contributed by atoms with Gasteiger partial charge >= 0.3 is 5.97 Å². The van der Waals surface area contributed by atoms with Gasteiger partial charge in [-0.1, -0.05) is 12.1 Å². The molecule has 8 heteroatoms. The molecule has 2 aliphatic rings. The standard InChI is InChI=1S/C21H23F2N3O3/c1-24(2)18(27)15-5-3-14(4-6-15)11-25-9-10-26-16(19(28)29)7-8-17(26)20(25)12-21(22,23)13-20/h3-8H,9-13H2,1-2H3,(H,28,29). The summed E-state index contributed by atoms with van der Waals surface area (Å²) in [5, 5.41) is 9.39. The van der Waals surface area contributed by atoms with Gasteiger partial charge in [0.15, 0.2) is 0 Å². The maximum atomic E-state index is 14.0. The molecule has 1 aromatic carbocycles. The van der Waals surface area contributed by atoms with Crippen LogP contribution in [0.4, 0.5) is 8.78 Å². The molecule has 2 heterocycles. The molecule has 1 N–H and O–H groups in total. The van der Waals surface area contributed by atoms with Crippen LogP contribution in [0.15, 0.2) is 36.4 Å². The number of fused-ring (bicyclic) bond motifs is 2. The Morgan fingerprint density at radius 3 is 2.28 bits per heavy atom. The molecule has 0 bridgehead atoms. The van der Waals surface area contributed by atoms with E-state index >= 15 is 0 Å². The van der Waals surface area contributed by atoms with Crippen LogP contribution in [-0.2, 0) is 18.6 Å². The molecular formula is C21H23F2N3O3. The third kappa shape index (κ3) is 3.21. The van der Waals surface area contributed by atoms with Gasteiger partial charge in [0.1, 0.15) is 5.69 Å². The summed E-state index contributed by atoms with van der Waals surface area (Å²) in [6.07, 6.45) is -0.638. The Morgan fingerprint density at radius 2 is 1.72 bits per heavy atom. The molecule has 0 radical (unpaired) electrons. The van der Waals surface area contributed by atoms with Crippen LogP contribution >= 0.6 is 0 Å². The van der Waals surface area contributed by atoms with Crippen LogP contribution in [0.5, 0.6) is 0 Å². The van der Waals surface area contributed by atoms with Gasteiger partial charge in [-0.3, -0.25) is 9.69 Å². The monoisotopic (exact) mass is 403 g/mol. The lowest BCUT2D eigenvalue weighted by Crippen LogP contribution is -2.63. The van der Waals surface area contributed by atoms with E-state index in [-0.39, 0.29) is 24.4 Å². The number of alkyl halides is 2. The number of rotatable bonds is 4. The summed E-state index contributed by atoms with van der Waals surface area (Å²) in [6.45, 7) is 1.38. The normalized spacial score (nSPS) is 19.4. The second-order valence-electron chi connectivity index (χ2n) is 8.12. The topological polar surface area (TPSA) is 65.8 Å². The van der Waals surface area contributed by atoms with Crippen molar-refractivity contribution >= 4 is 11.9 Å². The van der Waals surface area contributed by atoms with E-state index in [4.69, 9.17) is 0 Å². The fourth-order valence-corrected chi connectivity index (χ4v) is 4.57. The highest BCUT2D eigenvalue weighted by molar-refractivity contribution is 5.93. The lowest BCUT2D eigenvalue weighted by atomic mass is 9.68. The number of halogens is 2. The van der Waals surface area contributed by atoms with Crippen molar-refractivity contribution in [3.05, 3.63) is 58.9 Å². The number of aromatic carboxylic acids is 1. The van der Waals surface area contributed by atoms with Crippen molar-refractivity contribution in [1.29, 1.82) is 0 Å². The lowest BCUT2D eigenvalue weighted by Gasteiger charge is -2.56. The Kier molecular flexibility index (Phi) is 4.49. The molecule has 1 aromatic heterocycles. The van der Waals surface area contributed by atoms with Gasteiger partial charge in [-0.05, 0) is 29.8 Å². The van der Waals surface area contributed by atoms with Crippen molar-refractivity contribution in [1.82, 2.24) is 14.4 Å². The van der Waals surface area contributed by atoms with Crippen LogP contribution < -0.4 is 0 Å². The zero-order valence-corrected chi connectivity index (χ0v) is 16.4. The molecule has 0 unspecified atom stereocenters. The first-order valence-corrected chi connectivity index (χ1v) is 9.50. The summed E-state index contributed by atoms with van der Waals surface area (Å²) < 4.78 is 29.6. The fraction of sp³-hybridized carbons (Fsp3) is 0.429. The first-order chi connectivity index (χ1) is 13.6. The van der Waals surface area contributed by atoms with Crippen LogP contribution in [0.25, 0.3) is 0 Å². The summed E-state index contributed by atoms with van der Waals surface area (Å²) in [5.41, 5.74) is 1.41. The van der Waals surface area contributed by atoms with Crippen molar-refractivity contribution in [3.8, 4) is 0 Å². The number of hydrogen-bond acceptors (Lipinski definition) is 3. The molecule has 6 nitrogen and oxygen atoms in total. The number of carboxylic acid groups (broad SMARTS) is 1. The summed E-state index contributed by atoms with van der Waals surface area (Å²) in [7, 11) is 3.37. The maximum Gasteiger partial charge on any atom is 0.352 e. The van der Waals surface area contributed by atoms with Crippen LogP contribution in [0.1, 0.15) is 44.9 Å². The van der Waals surface area contributed by atoms with Gasteiger partial charge < -0.3 is 14.6 Å². The molecule has 1 spiro atoms. The Balaban J connectivity index is 1.62. The molecule has 154 valence electrons. The van der Waals surface area contributed by atoms with Gasteiger partial charge in [-0.15, -0.1) is 0 Å². The lowest BCUT2D eigenvalue weighted by molar-refractivity contribution is -0.192. The zero-order valence-electron chi connectivity index (χ0n) is 16.4. The molecule has 29 heavy (non-hydrogen) atoms.